The molecule has 1 heterocycles. The van der Waals surface area contributed by atoms with Crippen LogP contribution in [0.3, 0.4) is 0 Å². The van der Waals surface area contributed by atoms with Gasteiger partial charge in [0.1, 0.15) is 16.5 Å². The highest BCUT2D eigenvalue weighted by Crippen LogP contribution is 2.34. The number of amides is 2. The minimum atomic E-state index is -0.665. The fourth-order valence-electron chi connectivity index (χ4n) is 3.06. The molecule has 0 fully saturated rings. The number of rotatable bonds is 9. The molecule has 2 N–H and O–H groups in total. The number of hydrogen-bond donors (Lipinski definition) is 2. The lowest BCUT2D eigenvalue weighted by Crippen LogP contribution is -2.33. The van der Waals surface area contributed by atoms with Crippen LogP contribution in [-0.2, 0) is 20.9 Å². The molecule has 1 aromatic heterocycles. The number of thiophene rings is 1. The minimum absolute atomic E-state index is 0.0684. The Morgan fingerprint density at radius 3 is 2.18 bits per heavy atom. The number of hydrogen-bond acceptors (Lipinski definition) is 7. The summed E-state index contributed by atoms with van der Waals surface area (Å²) in [7, 11) is 0. The van der Waals surface area contributed by atoms with Crippen LogP contribution in [0.15, 0.2) is 60.7 Å². The second kappa shape index (κ2) is 11.8. The zero-order chi connectivity index (χ0) is 24.5. The summed E-state index contributed by atoms with van der Waals surface area (Å²) in [5.41, 5.74) is 1.67. The Kier molecular flexibility index (Phi) is 8.53. The zero-order valence-electron chi connectivity index (χ0n) is 18.8. The predicted octanol–water partition coefficient (Wildman–Crippen LogP) is 3.96. The maximum atomic E-state index is 12.7. The molecule has 0 spiro atoms. The molecule has 2 amide bonds. The van der Waals surface area contributed by atoms with E-state index in [-0.39, 0.29) is 35.2 Å². The maximum absolute atomic E-state index is 12.7. The average molecular weight is 481 g/mol. The van der Waals surface area contributed by atoms with Gasteiger partial charge in [0.05, 0.1) is 18.7 Å². The van der Waals surface area contributed by atoms with E-state index >= 15 is 0 Å². The van der Waals surface area contributed by atoms with Crippen LogP contribution in [0.4, 0.5) is 5.00 Å². The van der Waals surface area contributed by atoms with Gasteiger partial charge in [-0.05, 0) is 37.1 Å². The van der Waals surface area contributed by atoms with Gasteiger partial charge in [-0.2, -0.15) is 0 Å². The molecule has 0 saturated heterocycles. The Morgan fingerprint density at radius 2 is 1.53 bits per heavy atom. The van der Waals surface area contributed by atoms with E-state index in [1.165, 1.54) is 0 Å². The molecule has 0 aliphatic carbocycles. The summed E-state index contributed by atoms with van der Waals surface area (Å²) in [6.45, 7) is 3.13. The molecule has 34 heavy (non-hydrogen) atoms. The summed E-state index contributed by atoms with van der Waals surface area (Å²) in [6, 6.07) is 17.7. The van der Waals surface area contributed by atoms with Crippen molar-refractivity contribution in [1.29, 1.82) is 0 Å². The Hall–Kier alpha value is -3.98. The highest BCUT2D eigenvalue weighted by atomic mass is 32.1. The highest BCUT2D eigenvalue weighted by Gasteiger charge is 2.27. The molecular formula is C25H24N2O6S. The molecule has 0 atom stereocenters. The van der Waals surface area contributed by atoms with Crippen molar-refractivity contribution in [2.45, 2.75) is 20.5 Å². The van der Waals surface area contributed by atoms with Gasteiger partial charge in [0.25, 0.3) is 5.91 Å². The zero-order valence-corrected chi connectivity index (χ0v) is 19.6. The maximum Gasteiger partial charge on any atom is 0.349 e. The molecule has 3 aromatic rings. The second-order valence-corrected chi connectivity index (χ2v) is 8.16. The van der Waals surface area contributed by atoms with E-state index in [9.17, 15) is 19.2 Å². The lowest BCUT2D eigenvalue weighted by Gasteiger charge is -2.08. The molecule has 0 aliphatic heterocycles. The average Bonchev–Trinajstić information content (AvgIpc) is 3.17. The standard InChI is InChI=1S/C25H24N2O6S/c1-3-32-24(30)20-16(2)21(25(31)33-15-17-10-6-4-7-11-17)34-23(20)27-19(28)14-26-22(29)18-12-8-5-9-13-18/h4-13H,3,14-15H2,1-2H3,(H,26,29)(H,27,28). The van der Waals surface area contributed by atoms with E-state index in [1.807, 2.05) is 30.3 Å². The Labute approximate surface area is 200 Å². The van der Waals surface area contributed by atoms with Crippen LogP contribution in [0.2, 0.25) is 0 Å². The monoisotopic (exact) mass is 480 g/mol. The molecule has 0 saturated carbocycles. The van der Waals surface area contributed by atoms with Crippen LogP contribution in [0.5, 0.6) is 0 Å². The largest absolute Gasteiger partial charge is 0.462 e. The third kappa shape index (κ3) is 6.29. The van der Waals surface area contributed by atoms with Gasteiger partial charge >= 0.3 is 11.9 Å². The van der Waals surface area contributed by atoms with E-state index in [0.717, 1.165) is 16.9 Å². The van der Waals surface area contributed by atoms with Crippen LogP contribution in [-0.4, -0.2) is 36.9 Å². The van der Waals surface area contributed by atoms with Crippen molar-refractivity contribution in [3.05, 3.63) is 87.8 Å². The summed E-state index contributed by atoms with van der Waals surface area (Å²) in [5.74, 6) is -2.24. The topological polar surface area (TPSA) is 111 Å². The third-order valence-corrected chi connectivity index (χ3v) is 5.91. The smallest absolute Gasteiger partial charge is 0.349 e. The van der Waals surface area contributed by atoms with E-state index in [4.69, 9.17) is 9.47 Å². The van der Waals surface area contributed by atoms with Crippen LogP contribution < -0.4 is 10.6 Å². The van der Waals surface area contributed by atoms with Crippen molar-refractivity contribution < 1.29 is 28.7 Å². The molecule has 2 aromatic carbocycles. The van der Waals surface area contributed by atoms with Crippen LogP contribution >= 0.6 is 11.3 Å². The first-order valence-corrected chi connectivity index (χ1v) is 11.4. The Balaban J connectivity index is 1.73. The van der Waals surface area contributed by atoms with Gasteiger partial charge in [0.2, 0.25) is 5.91 Å². The van der Waals surface area contributed by atoms with Crippen molar-refractivity contribution in [2.75, 3.05) is 18.5 Å². The molecule has 0 bridgehead atoms. The minimum Gasteiger partial charge on any atom is -0.462 e. The number of ether oxygens (including phenoxy) is 2. The lowest BCUT2D eigenvalue weighted by atomic mass is 10.1. The van der Waals surface area contributed by atoms with Crippen LogP contribution in [0, 0.1) is 6.92 Å². The normalized spacial score (nSPS) is 10.3. The summed E-state index contributed by atoms with van der Waals surface area (Å²) in [5, 5.41) is 5.28. The Bertz CT molecular complexity index is 1170. The first-order chi connectivity index (χ1) is 16.4. The van der Waals surface area contributed by atoms with Crippen molar-refractivity contribution in [1.82, 2.24) is 5.32 Å². The van der Waals surface area contributed by atoms with Gasteiger partial charge in [0, 0.05) is 5.56 Å². The molecule has 9 heteroatoms. The van der Waals surface area contributed by atoms with Crippen molar-refractivity contribution in [3.8, 4) is 0 Å². The second-order valence-electron chi connectivity index (χ2n) is 7.14. The first kappa shape index (κ1) is 24.7. The highest BCUT2D eigenvalue weighted by molar-refractivity contribution is 7.18. The fraction of sp³-hybridized carbons (Fsp3) is 0.200. The molecule has 0 aliphatic rings. The van der Waals surface area contributed by atoms with E-state index in [0.29, 0.717) is 11.1 Å². The van der Waals surface area contributed by atoms with Crippen molar-refractivity contribution in [3.63, 3.8) is 0 Å². The summed E-state index contributed by atoms with van der Waals surface area (Å²) in [4.78, 5) is 50.1. The van der Waals surface area contributed by atoms with Gasteiger partial charge in [-0.15, -0.1) is 11.3 Å². The SMILES string of the molecule is CCOC(=O)c1c(NC(=O)CNC(=O)c2ccccc2)sc(C(=O)OCc2ccccc2)c1C. The first-order valence-electron chi connectivity index (χ1n) is 10.5. The van der Waals surface area contributed by atoms with Gasteiger partial charge in [0.15, 0.2) is 0 Å². The molecule has 0 radical (unpaired) electrons. The predicted molar refractivity (Wildman–Crippen MR) is 128 cm³/mol. The summed E-state index contributed by atoms with van der Waals surface area (Å²) < 4.78 is 10.5. The molecule has 176 valence electrons. The van der Waals surface area contributed by atoms with Gasteiger partial charge in [-0.3, -0.25) is 9.59 Å². The summed E-state index contributed by atoms with van der Waals surface area (Å²) >= 11 is 0.922. The van der Waals surface area contributed by atoms with E-state index in [2.05, 4.69) is 10.6 Å². The number of carbonyl (C=O) groups is 4. The van der Waals surface area contributed by atoms with Crippen LogP contribution in [0.25, 0.3) is 0 Å². The van der Waals surface area contributed by atoms with Crippen LogP contribution in [0.1, 0.15) is 48.4 Å². The third-order valence-electron chi connectivity index (χ3n) is 4.72. The number of anilines is 1. The number of carbonyl (C=O) groups excluding carboxylic acids is 4. The quantitative estimate of drug-likeness (QED) is 0.449. The van der Waals surface area contributed by atoms with Gasteiger partial charge < -0.3 is 20.1 Å². The molecule has 0 unspecified atom stereocenters. The molecular weight excluding hydrogens is 456 g/mol. The van der Waals surface area contributed by atoms with E-state index in [1.54, 1.807) is 44.2 Å². The summed E-state index contributed by atoms with van der Waals surface area (Å²) in [6.07, 6.45) is 0. The number of benzene rings is 2. The van der Waals surface area contributed by atoms with Crippen molar-refractivity contribution in [2.24, 2.45) is 0 Å². The molecule has 8 nitrogen and oxygen atoms in total. The van der Waals surface area contributed by atoms with Crippen molar-refractivity contribution >= 4 is 40.1 Å². The Morgan fingerprint density at radius 1 is 0.882 bits per heavy atom. The lowest BCUT2D eigenvalue weighted by molar-refractivity contribution is -0.115. The van der Waals surface area contributed by atoms with E-state index < -0.39 is 23.8 Å². The number of esters is 2. The van der Waals surface area contributed by atoms with Gasteiger partial charge in [-0.1, -0.05) is 48.5 Å². The number of nitrogens with one attached hydrogen (secondary N) is 2. The molecule has 3 rings (SSSR count). The fourth-order valence-corrected chi connectivity index (χ4v) is 4.16. The van der Waals surface area contributed by atoms with Gasteiger partial charge in [-0.25, -0.2) is 9.59 Å².